The molecular formula is C67H75N. The number of benzene rings is 7. The third kappa shape index (κ3) is 10.2. The zero-order chi connectivity index (χ0) is 46.6. The Bertz CT molecular complexity index is 2910. The SMILES string of the molecule is CC(C)C1=CC=C(/C=C\c2ccc(C3CCCCCC3)cc2)CC2CC12.Cc1cc2c3ccccc3c(N(c3ccc(C(C)C)cc3)c3ccc(C4CCCCCC4)cc3)cc2c2ccccc12. The summed E-state index contributed by atoms with van der Waals surface area (Å²) >= 11 is 0. The number of anilines is 3. The van der Waals surface area contributed by atoms with Crippen molar-refractivity contribution in [3.05, 3.63) is 191 Å². The Morgan fingerprint density at radius 1 is 0.485 bits per heavy atom. The molecule has 0 spiro atoms. The van der Waals surface area contributed by atoms with Crippen LogP contribution in [0.3, 0.4) is 0 Å². The van der Waals surface area contributed by atoms with E-state index in [2.05, 4.69) is 197 Å². The van der Waals surface area contributed by atoms with Gasteiger partial charge in [0.15, 0.2) is 0 Å². The standard InChI is InChI=1S/C41H41N.C26H34/c1-28(2)30-18-22-33(23-19-30)42(34-24-20-32(21-25-34)31-12-6-4-5-7-13-31)41-27-40-36-15-9-8-14-35(36)29(3)26-39(40)37-16-10-11-17-38(37)41;1-19(2)25-16-13-21(17-24-18-26(24)25)10-9-20-11-14-23(15-12-20)22-7-5-3-4-6-8-22/h8-11,14-28,31H,4-7,12-13H2,1-3H3;9-16,19,22,24,26H,3-8,17-18H2,1-2H3/b;10-9-. The summed E-state index contributed by atoms with van der Waals surface area (Å²) in [6.45, 7) is 11.5. The van der Waals surface area contributed by atoms with Crippen LogP contribution < -0.4 is 4.90 Å². The Hall–Kier alpha value is -5.66. The quantitative estimate of drug-likeness (QED) is 0.103. The van der Waals surface area contributed by atoms with Gasteiger partial charge in [-0.3, -0.25) is 0 Å². The molecule has 68 heavy (non-hydrogen) atoms. The molecule has 0 saturated heterocycles. The van der Waals surface area contributed by atoms with E-state index in [-0.39, 0.29) is 0 Å². The molecule has 2 unspecified atom stereocenters. The minimum atomic E-state index is 0.502. The number of rotatable bonds is 9. The van der Waals surface area contributed by atoms with E-state index in [0.29, 0.717) is 17.8 Å². The van der Waals surface area contributed by atoms with Crippen molar-refractivity contribution in [2.45, 2.75) is 142 Å². The molecule has 1 nitrogen and oxygen atoms in total. The maximum absolute atomic E-state index is 2.48. The van der Waals surface area contributed by atoms with E-state index < -0.39 is 0 Å². The topological polar surface area (TPSA) is 3.24 Å². The minimum Gasteiger partial charge on any atom is -0.310 e. The number of fused-ring (bicyclic) bond motifs is 6. The van der Waals surface area contributed by atoms with E-state index in [9.17, 15) is 0 Å². The molecule has 0 bridgehead atoms. The Balaban J connectivity index is 0.000000178. The first kappa shape index (κ1) is 46.1. The molecule has 3 fully saturated rings. The van der Waals surface area contributed by atoms with Gasteiger partial charge in [-0.15, -0.1) is 0 Å². The molecule has 0 aromatic heterocycles. The smallest absolute Gasteiger partial charge is 0.0546 e. The van der Waals surface area contributed by atoms with Crippen LogP contribution in [0.1, 0.15) is 163 Å². The molecule has 7 aromatic rings. The number of hydrogen-bond donors (Lipinski definition) is 0. The van der Waals surface area contributed by atoms with E-state index in [1.54, 1.807) is 11.1 Å². The fourth-order valence-electron chi connectivity index (χ4n) is 12.3. The van der Waals surface area contributed by atoms with Crippen molar-refractivity contribution < 1.29 is 0 Å². The Labute approximate surface area is 409 Å². The summed E-state index contributed by atoms with van der Waals surface area (Å²) in [5.74, 6) is 4.46. The highest BCUT2D eigenvalue weighted by atomic mass is 15.1. The Kier molecular flexibility index (Phi) is 14.2. The van der Waals surface area contributed by atoms with Crippen molar-refractivity contribution in [2.75, 3.05) is 4.90 Å². The molecule has 0 aliphatic heterocycles. The fraction of sp³-hybridized carbons (Fsp3) is 0.373. The predicted octanol–water partition coefficient (Wildman–Crippen LogP) is 20.2. The van der Waals surface area contributed by atoms with Crippen LogP contribution in [-0.4, -0.2) is 0 Å². The van der Waals surface area contributed by atoms with Crippen LogP contribution >= 0.6 is 0 Å². The van der Waals surface area contributed by atoms with Crippen molar-refractivity contribution in [3.8, 4) is 0 Å². The van der Waals surface area contributed by atoms with Gasteiger partial charge in [-0.05, 0) is 172 Å². The second-order valence-electron chi connectivity index (χ2n) is 21.7. The number of hydrogen-bond acceptors (Lipinski definition) is 1. The van der Waals surface area contributed by atoms with Gasteiger partial charge in [0.1, 0.15) is 0 Å². The largest absolute Gasteiger partial charge is 0.310 e. The van der Waals surface area contributed by atoms with Gasteiger partial charge in [-0.25, -0.2) is 0 Å². The summed E-state index contributed by atoms with van der Waals surface area (Å²) in [5.41, 5.74) is 13.9. The third-order valence-electron chi connectivity index (χ3n) is 16.4. The summed E-state index contributed by atoms with van der Waals surface area (Å²) in [7, 11) is 0. The highest BCUT2D eigenvalue weighted by Gasteiger charge is 2.41. The van der Waals surface area contributed by atoms with Crippen LogP contribution in [0.25, 0.3) is 38.4 Å². The lowest BCUT2D eigenvalue weighted by Crippen LogP contribution is -2.11. The average molecular weight is 894 g/mol. The summed E-state index contributed by atoms with van der Waals surface area (Å²) in [4.78, 5) is 2.48. The van der Waals surface area contributed by atoms with Gasteiger partial charge < -0.3 is 4.90 Å². The maximum atomic E-state index is 2.48. The van der Waals surface area contributed by atoms with Crippen molar-refractivity contribution in [2.24, 2.45) is 17.8 Å². The van der Waals surface area contributed by atoms with Crippen LogP contribution in [-0.2, 0) is 0 Å². The van der Waals surface area contributed by atoms with Gasteiger partial charge >= 0.3 is 0 Å². The average Bonchev–Trinajstić information content (AvgIpc) is 4.22. The molecule has 4 aliphatic carbocycles. The molecule has 11 rings (SSSR count). The van der Waals surface area contributed by atoms with Gasteiger partial charge in [0.25, 0.3) is 0 Å². The lowest BCUT2D eigenvalue weighted by atomic mass is 9.91. The van der Waals surface area contributed by atoms with Gasteiger partial charge in [0.05, 0.1) is 5.69 Å². The van der Waals surface area contributed by atoms with Crippen LogP contribution in [0.15, 0.2) is 163 Å². The lowest BCUT2D eigenvalue weighted by molar-refractivity contribution is 0.592. The molecular weight excluding hydrogens is 819 g/mol. The van der Waals surface area contributed by atoms with Gasteiger partial charge in [0, 0.05) is 16.8 Å². The monoisotopic (exact) mass is 894 g/mol. The van der Waals surface area contributed by atoms with Crippen molar-refractivity contribution in [1.82, 2.24) is 0 Å². The summed E-state index contributed by atoms with van der Waals surface area (Å²) in [6.07, 6.45) is 28.7. The number of nitrogens with zero attached hydrogens (tertiary/aromatic N) is 1. The van der Waals surface area contributed by atoms with Crippen LogP contribution in [0.5, 0.6) is 0 Å². The van der Waals surface area contributed by atoms with Gasteiger partial charge in [0.2, 0.25) is 0 Å². The molecule has 0 amide bonds. The molecule has 348 valence electrons. The van der Waals surface area contributed by atoms with Crippen molar-refractivity contribution >= 4 is 55.5 Å². The molecule has 0 N–H and O–H groups in total. The highest BCUT2D eigenvalue weighted by Crippen LogP contribution is 2.52. The first-order valence-corrected chi connectivity index (χ1v) is 26.8. The predicted molar refractivity (Wildman–Crippen MR) is 296 cm³/mol. The number of aryl methyl sites for hydroxylation is 1. The van der Waals surface area contributed by atoms with Gasteiger partial charge in [-0.1, -0.05) is 212 Å². The summed E-state index contributed by atoms with van der Waals surface area (Å²) < 4.78 is 0. The molecule has 4 aliphatic rings. The molecule has 1 heteroatoms. The van der Waals surface area contributed by atoms with Crippen LogP contribution in [0, 0.1) is 24.7 Å². The van der Waals surface area contributed by atoms with Crippen molar-refractivity contribution in [3.63, 3.8) is 0 Å². The van der Waals surface area contributed by atoms with Gasteiger partial charge in [-0.2, -0.15) is 0 Å². The first-order valence-electron chi connectivity index (χ1n) is 26.8. The molecule has 7 aromatic carbocycles. The molecule has 0 radical (unpaired) electrons. The van der Waals surface area contributed by atoms with E-state index in [0.717, 1.165) is 17.8 Å². The normalized spacial score (nSPS) is 19.3. The van der Waals surface area contributed by atoms with E-state index >= 15 is 0 Å². The van der Waals surface area contributed by atoms with E-state index in [1.165, 1.54) is 167 Å². The van der Waals surface area contributed by atoms with E-state index in [4.69, 9.17) is 0 Å². The molecule has 2 atom stereocenters. The molecule has 0 heterocycles. The zero-order valence-electron chi connectivity index (χ0n) is 41.8. The van der Waals surface area contributed by atoms with Crippen LogP contribution in [0.4, 0.5) is 17.1 Å². The summed E-state index contributed by atoms with van der Waals surface area (Å²) in [5, 5.41) is 7.86. The molecule has 3 saturated carbocycles. The zero-order valence-corrected chi connectivity index (χ0v) is 41.8. The van der Waals surface area contributed by atoms with Crippen LogP contribution in [0.2, 0.25) is 0 Å². The lowest BCUT2D eigenvalue weighted by Gasteiger charge is -2.29. The fourth-order valence-corrected chi connectivity index (χ4v) is 12.3. The Morgan fingerprint density at radius 2 is 1.00 bits per heavy atom. The van der Waals surface area contributed by atoms with E-state index in [1.807, 2.05) is 0 Å². The van der Waals surface area contributed by atoms with Crippen molar-refractivity contribution in [1.29, 1.82) is 0 Å². The Morgan fingerprint density at radius 3 is 1.57 bits per heavy atom. The first-order chi connectivity index (χ1) is 33.3. The highest BCUT2D eigenvalue weighted by molar-refractivity contribution is 6.22. The number of allylic oxidation sites excluding steroid dienone is 5. The maximum Gasteiger partial charge on any atom is 0.0546 e. The minimum absolute atomic E-state index is 0.502. The second kappa shape index (κ2) is 20.9. The summed E-state index contributed by atoms with van der Waals surface area (Å²) in [6, 6.07) is 50.8. The second-order valence-corrected chi connectivity index (χ2v) is 21.7. The third-order valence-corrected chi connectivity index (χ3v) is 16.4.